The van der Waals surface area contributed by atoms with Gasteiger partial charge in [0.05, 0.1) is 5.56 Å². The Hall–Kier alpha value is -3.80. The molecule has 1 aliphatic heterocycles. The molecular weight excluding hydrogens is 400 g/mol. The van der Waals surface area contributed by atoms with E-state index in [0.717, 1.165) is 29.7 Å². The van der Waals surface area contributed by atoms with Gasteiger partial charge < -0.3 is 10.1 Å². The standard InChI is InChI=1S/C26H24N4O2/c31-24(28-22-13-14-22)19-30-17-7-10-21(18-30)26(15-16-27-29-26)25(20-8-3-1-4-9-20)32-23-11-5-2-6-12-23/h1-12,15-18,22,25H,13-14,19H2/p+1. The average Bonchev–Trinajstić information content (AvgIpc) is 3.50. The molecule has 2 aromatic carbocycles. The molecule has 3 aromatic rings. The third-order valence-corrected chi connectivity index (χ3v) is 5.71. The van der Waals surface area contributed by atoms with E-state index in [2.05, 4.69) is 15.5 Å². The van der Waals surface area contributed by atoms with Gasteiger partial charge in [-0.3, -0.25) is 4.79 Å². The van der Waals surface area contributed by atoms with Crippen LogP contribution in [0.3, 0.4) is 0 Å². The zero-order valence-corrected chi connectivity index (χ0v) is 17.7. The van der Waals surface area contributed by atoms with Gasteiger partial charge >= 0.3 is 0 Å². The van der Waals surface area contributed by atoms with Gasteiger partial charge in [0, 0.05) is 18.3 Å². The molecule has 5 rings (SSSR count). The highest BCUT2D eigenvalue weighted by molar-refractivity contribution is 5.75. The van der Waals surface area contributed by atoms with Crippen LogP contribution in [0.25, 0.3) is 0 Å². The number of para-hydroxylation sites is 1. The van der Waals surface area contributed by atoms with Crippen molar-refractivity contribution in [3.63, 3.8) is 0 Å². The van der Waals surface area contributed by atoms with E-state index >= 15 is 0 Å². The second kappa shape index (κ2) is 8.75. The van der Waals surface area contributed by atoms with Gasteiger partial charge in [-0.15, -0.1) is 0 Å². The van der Waals surface area contributed by atoms with E-state index in [1.807, 2.05) is 95.8 Å². The van der Waals surface area contributed by atoms with Gasteiger partial charge in [0.25, 0.3) is 5.91 Å². The molecule has 1 aliphatic carbocycles. The van der Waals surface area contributed by atoms with Crippen LogP contribution < -0.4 is 14.6 Å². The fraction of sp³-hybridized carbons (Fsp3) is 0.231. The molecular formula is C26H25N4O2+. The van der Waals surface area contributed by atoms with E-state index in [1.165, 1.54) is 0 Å². The maximum Gasteiger partial charge on any atom is 0.286 e. The van der Waals surface area contributed by atoms with Crippen LogP contribution in [0.1, 0.15) is 30.1 Å². The summed E-state index contributed by atoms with van der Waals surface area (Å²) in [6.07, 6.45) is 9.24. The fourth-order valence-electron chi connectivity index (χ4n) is 3.95. The molecule has 2 heterocycles. The SMILES string of the molecule is O=C(C[n+]1cccc(C2(C(Oc3ccccc3)c3ccccc3)C=CN=N2)c1)NC1CC1. The maximum atomic E-state index is 12.4. The molecule has 1 amide bonds. The Morgan fingerprint density at radius 1 is 1.06 bits per heavy atom. The fourth-order valence-corrected chi connectivity index (χ4v) is 3.95. The molecule has 1 aromatic heterocycles. The number of rotatable bonds is 8. The number of hydrogen-bond acceptors (Lipinski definition) is 4. The number of aromatic nitrogens is 1. The van der Waals surface area contributed by atoms with E-state index in [1.54, 1.807) is 6.20 Å². The van der Waals surface area contributed by atoms with Crippen molar-refractivity contribution in [2.24, 2.45) is 10.2 Å². The average molecular weight is 426 g/mol. The smallest absolute Gasteiger partial charge is 0.286 e. The van der Waals surface area contributed by atoms with Gasteiger partial charge in [-0.25, -0.2) is 0 Å². The minimum Gasteiger partial charge on any atom is -0.482 e. The number of carbonyl (C=O) groups is 1. The summed E-state index contributed by atoms with van der Waals surface area (Å²) in [5.74, 6) is 0.774. The number of azo groups is 1. The monoisotopic (exact) mass is 425 g/mol. The van der Waals surface area contributed by atoms with Crippen LogP contribution >= 0.6 is 0 Å². The molecule has 1 saturated carbocycles. The minimum atomic E-state index is -0.854. The Balaban J connectivity index is 1.52. The van der Waals surface area contributed by atoms with Gasteiger partial charge in [-0.1, -0.05) is 48.5 Å². The number of ether oxygens (including phenoxy) is 1. The molecule has 0 saturated heterocycles. The second-order valence-corrected chi connectivity index (χ2v) is 8.18. The second-order valence-electron chi connectivity index (χ2n) is 8.18. The zero-order chi connectivity index (χ0) is 21.8. The van der Waals surface area contributed by atoms with Crippen LogP contribution in [0.2, 0.25) is 0 Å². The lowest BCUT2D eigenvalue weighted by atomic mass is 9.82. The normalized spacial score (nSPS) is 20.1. The number of benzene rings is 2. The number of nitrogens with zero attached hydrogens (tertiary/aromatic N) is 3. The topological polar surface area (TPSA) is 66.9 Å². The summed E-state index contributed by atoms with van der Waals surface area (Å²) < 4.78 is 8.42. The lowest BCUT2D eigenvalue weighted by molar-refractivity contribution is -0.685. The Kier molecular flexibility index (Phi) is 5.50. The third-order valence-electron chi connectivity index (χ3n) is 5.71. The van der Waals surface area contributed by atoms with Crippen LogP contribution in [-0.4, -0.2) is 11.9 Å². The summed E-state index contributed by atoms with van der Waals surface area (Å²) in [5, 5.41) is 11.9. The first-order valence-corrected chi connectivity index (χ1v) is 10.9. The summed E-state index contributed by atoms with van der Waals surface area (Å²) in [6, 6.07) is 24.1. The van der Waals surface area contributed by atoms with Gasteiger partial charge in [0.15, 0.2) is 24.0 Å². The first-order valence-electron chi connectivity index (χ1n) is 10.9. The lowest BCUT2D eigenvalue weighted by Gasteiger charge is -2.32. The van der Waals surface area contributed by atoms with E-state index in [0.29, 0.717) is 6.04 Å². The molecule has 6 heteroatoms. The lowest BCUT2D eigenvalue weighted by Crippen LogP contribution is -2.44. The number of amides is 1. The molecule has 2 unspecified atom stereocenters. The third kappa shape index (κ3) is 4.30. The predicted molar refractivity (Wildman–Crippen MR) is 120 cm³/mol. The van der Waals surface area contributed by atoms with Crippen molar-refractivity contribution in [2.75, 3.05) is 0 Å². The number of hydrogen-bond donors (Lipinski definition) is 1. The highest BCUT2D eigenvalue weighted by Crippen LogP contribution is 2.45. The van der Waals surface area contributed by atoms with Crippen molar-refractivity contribution in [3.05, 3.63) is 109 Å². The molecule has 2 aliphatic rings. The first kappa shape index (κ1) is 20.1. The zero-order valence-electron chi connectivity index (χ0n) is 17.7. The highest BCUT2D eigenvalue weighted by atomic mass is 16.5. The Bertz CT molecular complexity index is 1130. The van der Waals surface area contributed by atoms with Crippen LogP contribution in [-0.2, 0) is 16.9 Å². The summed E-state index contributed by atoms with van der Waals surface area (Å²) in [5.41, 5.74) is 1.04. The molecule has 0 bridgehead atoms. The largest absolute Gasteiger partial charge is 0.482 e. The van der Waals surface area contributed by atoms with E-state index in [4.69, 9.17) is 4.74 Å². The molecule has 6 nitrogen and oxygen atoms in total. The Labute approximate surface area is 187 Å². The summed E-state index contributed by atoms with van der Waals surface area (Å²) in [6.45, 7) is 0.261. The van der Waals surface area contributed by atoms with Gasteiger partial charge in [0.2, 0.25) is 6.54 Å². The van der Waals surface area contributed by atoms with Gasteiger partial charge in [0.1, 0.15) is 5.75 Å². The van der Waals surface area contributed by atoms with E-state index in [9.17, 15) is 4.79 Å². The Morgan fingerprint density at radius 3 is 2.50 bits per heavy atom. The van der Waals surface area contributed by atoms with Gasteiger partial charge in [-0.05, 0) is 42.7 Å². The van der Waals surface area contributed by atoms with Crippen LogP contribution in [0.5, 0.6) is 5.75 Å². The van der Waals surface area contributed by atoms with Crippen LogP contribution in [0.15, 0.2) is 108 Å². The van der Waals surface area contributed by atoms with Crippen molar-refractivity contribution >= 4 is 5.91 Å². The summed E-state index contributed by atoms with van der Waals surface area (Å²) >= 11 is 0. The molecule has 2 atom stereocenters. The molecule has 0 radical (unpaired) electrons. The van der Waals surface area contributed by atoms with E-state index < -0.39 is 11.6 Å². The molecule has 0 spiro atoms. The van der Waals surface area contributed by atoms with Crippen molar-refractivity contribution < 1.29 is 14.1 Å². The van der Waals surface area contributed by atoms with Gasteiger partial charge in [-0.2, -0.15) is 14.8 Å². The van der Waals surface area contributed by atoms with Crippen molar-refractivity contribution in [1.29, 1.82) is 0 Å². The molecule has 32 heavy (non-hydrogen) atoms. The number of carbonyl (C=O) groups excluding carboxylic acids is 1. The highest BCUT2D eigenvalue weighted by Gasteiger charge is 2.45. The predicted octanol–water partition coefficient (Wildman–Crippen LogP) is 4.25. The minimum absolute atomic E-state index is 0.0208. The molecule has 1 fully saturated rings. The van der Waals surface area contributed by atoms with Crippen molar-refractivity contribution in [2.45, 2.75) is 37.1 Å². The van der Waals surface area contributed by atoms with Crippen molar-refractivity contribution in [1.82, 2.24) is 5.32 Å². The summed E-state index contributed by atoms with van der Waals surface area (Å²) in [7, 11) is 0. The molecule has 1 N–H and O–H groups in total. The number of pyridine rings is 1. The first-order chi connectivity index (χ1) is 15.7. The van der Waals surface area contributed by atoms with E-state index in [-0.39, 0.29) is 12.5 Å². The van der Waals surface area contributed by atoms with Crippen molar-refractivity contribution in [3.8, 4) is 5.75 Å². The quantitative estimate of drug-likeness (QED) is 0.549. The maximum absolute atomic E-state index is 12.4. The van der Waals surface area contributed by atoms with Crippen LogP contribution in [0, 0.1) is 0 Å². The summed E-state index contributed by atoms with van der Waals surface area (Å²) in [4.78, 5) is 12.4. The Morgan fingerprint density at radius 2 is 1.81 bits per heavy atom. The van der Waals surface area contributed by atoms with Crippen LogP contribution in [0.4, 0.5) is 0 Å². The molecule has 160 valence electrons. The number of nitrogens with one attached hydrogen (secondary N) is 1.